The quantitative estimate of drug-likeness (QED) is 0.929. The molecule has 0 atom stereocenters. The summed E-state index contributed by atoms with van der Waals surface area (Å²) >= 11 is 7.42. The lowest BCUT2D eigenvalue weighted by Gasteiger charge is -2.21. The third-order valence-electron chi connectivity index (χ3n) is 2.73. The van der Waals surface area contributed by atoms with Crippen LogP contribution in [0.3, 0.4) is 0 Å². The number of rotatable bonds is 4. The molecule has 2 nitrogen and oxygen atoms in total. The molecule has 0 spiro atoms. The Hall–Kier alpha value is -1.10. The number of nitrogens with zero attached hydrogens (tertiary/aromatic N) is 1. The lowest BCUT2D eigenvalue weighted by molar-refractivity contribution is 0.609. The summed E-state index contributed by atoms with van der Waals surface area (Å²) in [5, 5.41) is 0. The van der Waals surface area contributed by atoms with E-state index >= 15 is 0 Å². The van der Waals surface area contributed by atoms with Gasteiger partial charge in [0.15, 0.2) is 0 Å². The van der Waals surface area contributed by atoms with Crippen LogP contribution in [-0.2, 0) is 13.1 Å². The summed E-state index contributed by atoms with van der Waals surface area (Å²) in [6, 6.07) is 8.85. The molecule has 0 aliphatic carbocycles. The first-order valence-electron chi connectivity index (χ1n) is 5.54. The summed E-state index contributed by atoms with van der Waals surface area (Å²) in [7, 11) is 1.92. The number of hydrogen-bond acceptors (Lipinski definition) is 3. The van der Waals surface area contributed by atoms with E-state index in [0.29, 0.717) is 12.1 Å². The average Bonchev–Trinajstić information content (AvgIpc) is 2.74. The Morgan fingerprint density at radius 3 is 2.72 bits per heavy atom. The van der Waals surface area contributed by atoms with Gasteiger partial charge in [-0.1, -0.05) is 17.7 Å². The molecule has 0 radical (unpaired) electrons. The first kappa shape index (κ1) is 13.3. The van der Waals surface area contributed by atoms with E-state index in [-0.39, 0.29) is 12.4 Å². The third-order valence-corrected chi connectivity index (χ3v) is 3.95. The minimum atomic E-state index is -0.258. The predicted molar refractivity (Wildman–Crippen MR) is 75.7 cm³/mol. The van der Waals surface area contributed by atoms with Crippen molar-refractivity contribution in [2.45, 2.75) is 13.1 Å². The molecular formula is C13H14ClFN2S. The molecule has 0 amide bonds. The Morgan fingerprint density at radius 2 is 2.11 bits per heavy atom. The van der Waals surface area contributed by atoms with Crippen molar-refractivity contribution >= 4 is 28.6 Å². The zero-order valence-electron chi connectivity index (χ0n) is 9.99. The van der Waals surface area contributed by atoms with Gasteiger partial charge in [0.05, 0.1) is 10.9 Å². The Morgan fingerprint density at radius 1 is 1.33 bits per heavy atom. The van der Waals surface area contributed by atoms with Crippen LogP contribution < -0.4 is 10.6 Å². The third kappa shape index (κ3) is 2.83. The first-order valence-corrected chi connectivity index (χ1v) is 6.74. The van der Waals surface area contributed by atoms with E-state index in [9.17, 15) is 4.39 Å². The molecular weight excluding hydrogens is 271 g/mol. The van der Waals surface area contributed by atoms with Gasteiger partial charge in [-0.25, -0.2) is 4.39 Å². The molecule has 1 heterocycles. The molecule has 0 unspecified atom stereocenters. The number of benzene rings is 1. The number of hydrogen-bond donors (Lipinski definition) is 1. The van der Waals surface area contributed by atoms with E-state index in [2.05, 4.69) is 0 Å². The van der Waals surface area contributed by atoms with Crippen molar-refractivity contribution in [2.24, 2.45) is 5.73 Å². The van der Waals surface area contributed by atoms with E-state index in [1.54, 1.807) is 6.07 Å². The van der Waals surface area contributed by atoms with Crippen LogP contribution in [0.1, 0.15) is 10.4 Å². The minimum Gasteiger partial charge on any atom is -0.369 e. The van der Waals surface area contributed by atoms with Crippen molar-refractivity contribution < 1.29 is 4.39 Å². The maximum Gasteiger partial charge on any atom is 0.129 e. The second-order valence-corrected chi connectivity index (χ2v) is 5.80. The van der Waals surface area contributed by atoms with Crippen molar-refractivity contribution in [1.29, 1.82) is 0 Å². The van der Waals surface area contributed by atoms with Crippen molar-refractivity contribution in [3.05, 3.63) is 50.9 Å². The second kappa shape index (κ2) is 5.69. The molecule has 0 aliphatic heterocycles. The first-order chi connectivity index (χ1) is 8.61. The Balaban J connectivity index is 2.23. The summed E-state index contributed by atoms with van der Waals surface area (Å²) in [5.41, 5.74) is 6.97. The predicted octanol–water partition coefficient (Wildman–Crippen LogP) is 3.64. The summed E-state index contributed by atoms with van der Waals surface area (Å²) < 4.78 is 14.4. The summed E-state index contributed by atoms with van der Waals surface area (Å²) in [5.74, 6) is -0.258. The molecule has 0 saturated carbocycles. The molecule has 96 valence electrons. The fourth-order valence-corrected chi connectivity index (χ4v) is 3.00. The number of thiophene rings is 1. The molecule has 2 aromatic rings. The minimum absolute atomic E-state index is 0.192. The van der Waals surface area contributed by atoms with Gasteiger partial charge in [-0.15, -0.1) is 11.3 Å². The van der Waals surface area contributed by atoms with Crippen LogP contribution in [0.5, 0.6) is 0 Å². The lowest BCUT2D eigenvalue weighted by atomic mass is 10.1. The number of nitrogens with two attached hydrogens (primary N) is 1. The van der Waals surface area contributed by atoms with Crippen molar-refractivity contribution in [2.75, 3.05) is 11.9 Å². The molecule has 0 fully saturated rings. The van der Waals surface area contributed by atoms with Crippen molar-refractivity contribution in [3.63, 3.8) is 0 Å². The average molecular weight is 285 g/mol. The van der Waals surface area contributed by atoms with Crippen LogP contribution in [-0.4, -0.2) is 7.05 Å². The Kier molecular flexibility index (Phi) is 4.22. The van der Waals surface area contributed by atoms with E-state index < -0.39 is 0 Å². The van der Waals surface area contributed by atoms with Gasteiger partial charge < -0.3 is 10.6 Å². The van der Waals surface area contributed by atoms with Gasteiger partial charge in [0.25, 0.3) is 0 Å². The molecule has 5 heteroatoms. The van der Waals surface area contributed by atoms with Crippen LogP contribution in [0.2, 0.25) is 4.34 Å². The van der Waals surface area contributed by atoms with E-state index in [0.717, 1.165) is 14.9 Å². The molecule has 18 heavy (non-hydrogen) atoms. The number of halogens is 2. The smallest absolute Gasteiger partial charge is 0.129 e. The highest BCUT2D eigenvalue weighted by molar-refractivity contribution is 7.16. The molecule has 1 aromatic carbocycles. The molecule has 1 aromatic heterocycles. The zero-order chi connectivity index (χ0) is 13.1. The molecule has 2 N–H and O–H groups in total. The number of anilines is 1. The highest BCUT2D eigenvalue weighted by atomic mass is 35.5. The highest BCUT2D eigenvalue weighted by Gasteiger charge is 2.11. The van der Waals surface area contributed by atoms with Gasteiger partial charge in [-0.2, -0.15) is 0 Å². The molecule has 2 rings (SSSR count). The van der Waals surface area contributed by atoms with Crippen molar-refractivity contribution in [3.8, 4) is 0 Å². The van der Waals surface area contributed by atoms with Gasteiger partial charge in [0.2, 0.25) is 0 Å². The van der Waals surface area contributed by atoms with Crippen LogP contribution in [0.4, 0.5) is 10.1 Å². The maximum atomic E-state index is 13.6. The summed E-state index contributed by atoms with van der Waals surface area (Å²) in [4.78, 5) is 3.11. The van der Waals surface area contributed by atoms with E-state index in [1.165, 1.54) is 17.4 Å². The SMILES string of the molecule is CN(Cc1ccc(Cl)s1)c1cccc(F)c1CN. The van der Waals surface area contributed by atoms with Gasteiger partial charge in [0.1, 0.15) is 5.82 Å². The van der Waals surface area contributed by atoms with Gasteiger partial charge in [0, 0.05) is 29.7 Å². The van der Waals surface area contributed by atoms with Gasteiger partial charge in [-0.05, 0) is 24.3 Å². The summed E-state index contributed by atoms with van der Waals surface area (Å²) in [6.07, 6.45) is 0. The standard InChI is InChI=1S/C13H14ClFN2S/c1-17(8-9-5-6-13(14)18-9)12-4-2-3-11(15)10(12)7-16/h2-6H,7-8,16H2,1H3. The Bertz CT molecular complexity index is 542. The molecule has 0 aliphatic rings. The topological polar surface area (TPSA) is 29.3 Å². The van der Waals surface area contributed by atoms with Crippen LogP contribution in [0.15, 0.2) is 30.3 Å². The largest absolute Gasteiger partial charge is 0.369 e. The molecule has 0 saturated heterocycles. The van der Waals surface area contributed by atoms with E-state index in [4.69, 9.17) is 17.3 Å². The lowest BCUT2D eigenvalue weighted by Crippen LogP contribution is -2.19. The zero-order valence-corrected chi connectivity index (χ0v) is 11.6. The molecule has 0 bridgehead atoms. The Labute approximate surface area is 115 Å². The van der Waals surface area contributed by atoms with Crippen molar-refractivity contribution in [1.82, 2.24) is 0 Å². The maximum absolute atomic E-state index is 13.6. The second-order valence-electron chi connectivity index (χ2n) is 4.00. The van der Waals surface area contributed by atoms with Crippen LogP contribution in [0.25, 0.3) is 0 Å². The normalized spacial score (nSPS) is 10.7. The van der Waals surface area contributed by atoms with Gasteiger partial charge in [-0.3, -0.25) is 0 Å². The summed E-state index contributed by atoms with van der Waals surface area (Å²) in [6.45, 7) is 0.880. The monoisotopic (exact) mass is 284 g/mol. The van der Waals surface area contributed by atoms with Gasteiger partial charge >= 0.3 is 0 Å². The fraction of sp³-hybridized carbons (Fsp3) is 0.231. The van der Waals surface area contributed by atoms with Crippen LogP contribution >= 0.6 is 22.9 Å². The highest BCUT2D eigenvalue weighted by Crippen LogP contribution is 2.27. The van der Waals surface area contributed by atoms with Crippen LogP contribution in [0, 0.1) is 5.82 Å². The van der Waals surface area contributed by atoms with E-state index in [1.807, 2.05) is 30.1 Å². The fourth-order valence-electron chi connectivity index (χ4n) is 1.86.